The zero-order valence-electron chi connectivity index (χ0n) is 13.1. The topological polar surface area (TPSA) is 23.8 Å². The molecule has 2 aromatic carbocycles. The normalized spacial score (nSPS) is 11.4. The Morgan fingerprint density at radius 2 is 1.41 bits per heavy atom. The lowest BCUT2D eigenvalue weighted by Gasteiger charge is -2.10. The van der Waals surface area contributed by atoms with Crippen LogP contribution in [0.25, 0.3) is 11.6 Å². The number of rotatable bonds is 2. The quantitative estimate of drug-likeness (QED) is 0.402. The largest absolute Gasteiger partial charge is 0.192 e. The third-order valence-corrected chi connectivity index (χ3v) is 5.47. The molecule has 0 saturated heterocycles. The average Bonchev–Trinajstić information content (AvgIpc) is 2.46. The van der Waals surface area contributed by atoms with E-state index in [1.165, 1.54) is 0 Å². The van der Waals surface area contributed by atoms with Gasteiger partial charge >= 0.3 is 0 Å². The molecular formula is C19H17Br2N. The minimum atomic E-state index is 0.693. The Labute approximate surface area is 148 Å². The van der Waals surface area contributed by atoms with E-state index in [4.69, 9.17) is 0 Å². The van der Waals surface area contributed by atoms with Gasteiger partial charge in [-0.1, -0.05) is 37.9 Å². The minimum absolute atomic E-state index is 0.693. The first-order valence-electron chi connectivity index (χ1n) is 6.99. The summed E-state index contributed by atoms with van der Waals surface area (Å²) in [4.78, 5) is 0. The molecule has 0 aromatic heterocycles. The van der Waals surface area contributed by atoms with E-state index in [2.05, 4.69) is 76.0 Å². The van der Waals surface area contributed by atoms with Crippen LogP contribution in [0.3, 0.4) is 0 Å². The maximum absolute atomic E-state index is 9.60. The summed E-state index contributed by atoms with van der Waals surface area (Å²) in [5, 5.41) is 9.60. The van der Waals surface area contributed by atoms with Crippen molar-refractivity contribution in [3.63, 3.8) is 0 Å². The van der Waals surface area contributed by atoms with Crippen LogP contribution in [0.2, 0.25) is 0 Å². The molecule has 0 atom stereocenters. The molecule has 0 fully saturated rings. The van der Waals surface area contributed by atoms with Crippen molar-refractivity contribution in [1.29, 1.82) is 5.26 Å². The van der Waals surface area contributed by atoms with Gasteiger partial charge in [-0.05, 0) is 85.4 Å². The summed E-state index contributed by atoms with van der Waals surface area (Å²) in [5.41, 5.74) is 7.30. The molecule has 0 saturated carbocycles. The van der Waals surface area contributed by atoms with Crippen molar-refractivity contribution < 1.29 is 0 Å². The van der Waals surface area contributed by atoms with Gasteiger partial charge in [0, 0.05) is 8.95 Å². The number of benzene rings is 2. The van der Waals surface area contributed by atoms with Crippen LogP contribution < -0.4 is 0 Å². The van der Waals surface area contributed by atoms with Crippen LogP contribution in [0.1, 0.15) is 33.4 Å². The van der Waals surface area contributed by atoms with Gasteiger partial charge in [-0.2, -0.15) is 5.26 Å². The molecule has 0 unspecified atom stereocenters. The molecule has 2 aromatic rings. The molecule has 1 nitrogen and oxygen atoms in total. The summed E-state index contributed by atoms with van der Waals surface area (Å²) in [6.07, 6.45) is 1.98. The predicted molar refractivity (Wildman–Crippen MR) is 101 cm³/mol. The first-order chi connectivity index (χ1) is 10.3. The Bertz CT molecular complexity index is 811. The van der Waals surface area contributed by atoms with Crippen LogP contribution in [0.15, 0.2) is 33.2 Å². The highest BCUT2D eigenvalue weighted by Crippen LogP contribution is 2.29. The van der Waals surface area contributed by atoms with Gasteiger partial charge < -0.3 is 0 Å². The number of allylic oxidation sites excluding steroid dienone is 1. The predicted octanol–water partition coefficient (Wildman–Crippen LogP) is 6.51. The highest BCUT2D eigenvalue weighted by Gasteiger charge is 2.09. The molecule has 0 N–H and O–H groups in total. The second-order valence-corrected chi connectivity index (χ2v) is 7.25. The molecule has 0 aliphatic heterocycles. The summed E-state index contributed by atoms with van der Waals surface area (Å²) >= 11 is 7.09. The highest BCUT2D eigenvalue weighted by molar-refractivity contribution is 9.10. The summed E-state index contributed by atoms with van der Waals surface area (Å²) in [6.45, 7) is 8.19. The molecule has 2 rings (SSSR count). The van der Waals surface area contributed by atoms with Gasteiger partial charge in [0.1, 0.15) is 0 Å². The molecule has 0 amide bonds. The first kappa shape index (κ1) is 17.0. The van der Waals surface area contributed by atoms with Gasteiger partial charge in [0.25, 0.3) is 0 Å². The summed E-state index contributed by atoms with van der Waals surface area (Å²) in [5.74, 6) is 0. The van der Waals surface area contributed by atoms with Gasteiger partial charge in [-0.3, -0.25) is 0 Å². The van der Waals surface area contributed by atoms with E-state index in [0.717, 1.165) is 42.3 Å². The Hall–Kier alpha value is -1.37. The van der Waals surface area contributed by atoms with Crippen molar-refractivity contribution in [3.8, 4) is 6.07 Å². The highest BCUT2D eigenvalue weighted by atomic mass is 79.9. The second kappa shape index (κ2) is 6.81. The zero-order valence-corrected chi connectivity index (χ0v) is 16.3. The van der Waals surface area contributed by atoms with Crippen molar-refractivity contribution in [2.24, 2.45) is 0 Å². The third kappa shape index (κ3) is 3.51. The molecule has 0 aliphatic carbocycles. The van der Waals surface area contributed by atoms with Crippen molar-refractivity contribution in [3.05, 3.63) is 66.6 Å². The Morgan fingerprint density at radius 1 is 0.864 bits per heavy atom. The lowest BCUT2D eigenvalue weighted by molar-refractivity contribution is 1.33. The standard InChI is InChI=1S/C19H17Br2N/c1-11-7-18(20)13(3)5-15(11)9-16(10-22)17-6-14(4)19(21)8-12(17)2/h5-9H,1-4H3/b16-9+. The van der Waals surface area contributed by atoms with Crippen LogP contribution in [0.4, 0.5) is 0 Å². The van der Waals surface area contributed by atoms with E-state index < -0.39 is 0 Å². The first-order valence-corrected chi connectivity index (χ1v) is 8.57. The molecule has 112 valence electrons. The van der Waals surface area contributed by atoms with Crippen LogP contribution in [0.5, 0.6) is 0 Å². The van der Waals surface area contributed by atoms with Gasteiger partial charge in [0.15, 0.2) is 0 Å². The zero-order chi connectivity index (χ0) is 16.4. The molecule has 0 aliphatic rings. The SMILES string of the molecule is Cc1cc(/C=C(\C#N)c2cc(C)c(Br)cc2C)c(C)cc1Br. The van der Waals surface area contributed by atoms with Gasteiger partial charge in [0.2, 0.25) is 0 Å². The van der Waals surface area contributed by atoms with Crippen LogP contribution in [-0.2, 0) is 0 Å². The number of hydrogen-bond acceptors (Lipinski definition) is 1. The smallest absolute Gasteiger partial charge is 0.0998 e. The van der Waals surface area contributed by atoms with Crippen LogP contribution >= 0.6 is 31.9 Å². The fourth-order valence-corrected chi connectivity index (χ4v) is 3.27. The fraction of sp³-hybridized carbons (Fsp3) is 0.211. The molecule has 22 heavy (non-hydrogen) atoms. The Balaban J connectivity index is 2.61. The van der Waals surface area contributed by atoms with E-state index in [1.54, 1.807) is 0 Å². The Kier molecular flexibility index (Phi) is 5.26. The molecule has 0 radical (unpaired) electrons. The van der Waals surface area contributed by atoms with Crippen LogP contribution in [-0.4, -0.2) is 0 Å². The average molecular weight is 419 g/mol. The van der Waals surface area contributed by atoms with E-state index in [0.29, 0.717) is 5.57 Å². The molecule has 0 heterocycles. The van der Waals surface area contributed by atoms with E-state index in [-0.39, 0.29) is 0 Å². The maximum Gasteiger partial charge on any atom is 0.0998 e. The van der Waals surface area contributed by atoms with Gasteiger partial charge in [-0.25, -0.2) is 0 Å². The van der Waals surface area contributed by atoms with E-state index in [9.17, 15) is 5.26 Å². The number of halogens is 2. The summed E-state index contributed by atoms with van der Waals surface area (Å²) in [6, 6.07) is 10.7. The fourth-order valence-electron chi connectivity index (χ4n) is 2.36. The minimum Gasteiger partial charge on any atom is -0.192 e. The van der Waals surface area contributed by atoms with Gasteiger partial charge in [0.05, 0.1) is 11.6 Å². The van der Waals surface area contributed by atoms with Crippen LogP contribution in [0, 0.1) is 39.0 Å². The number of hydrogen-bond donors (Lipinski definition) is 0. The van der Waals surface area contributed by atoms with Crippen molar-refractivity contribution in [2.75, 3.05) is 0 Å². The van der Waals surface area contributed by atoms with Crippen molar-refractivity contribution in [1.82, 2.24) is 0 Å². The van der Waals surface area contributed by atoms with Gasteiger partial charge in [-0.15, -0.1) is 0 Å². The molecular weight excluding hydrogens is 402 g/mol. The number of nitriles is 1. The number of aryl methyl sites for hydroxylation is 4. The maximum atomic E-state index is 9.60. The monoisotopic (exact) mass is 417 g/mol. The lowest BCUT2D eigenvalue weighted by atomic mass is 9.96. The summed E-state index contributed by atoms with van der Waals surface area (Å²) < 4.78 is 2.16. The van der Waals surface area contributed by atoms with E-state index >= 15 is 0 Å². The molecule has 0 spiro atoms. The molecule has 0 bridgehead atoms. The lowest BCUT2D eigenvalue weighted by Crippen LogP contribution is -1.92. The Morgan fingerprint density at radius 3 is 2.00 bits per heavy atom. The van der Waals surface area contributed by atoms with Crippen molar-refractivity contribution in [2.45, 2.75) is 27.7 Å². The second-order valence-electron chi connectivity index (χ2n) is 5.54. The van der Waals surface area contributed by atoms with E-state index in [1.807, 2.05) is 19.9 Å². The molecule has 3 heteroatoms. The summed E-state index contributed by atoms with van der Waals surface area (Å²) in [7, 11) is 0. The van der Waals surface area contributed by atoms with Crippen molar-refractivity contribution >= 4 is 43.5 Å². The number of nitrogens with zero attached hydrogens (tertiary/aromatic N) is 1. The third-order valence-electron chi connectivity index (χ3n) is 3.76.